The molecular formula is C19H36N4. The van der Waals surface area contributed by atoms with Crippen molar-refractivity contribution < 1.29 is 0 Å². The average Bonchev–Trinajstić information content (AvgIpc) is 2.62. The van der Waals surface area contributed by atoms with Gasteiger partial charge in [0, 0.05) is 12.6 Å². The highest BCUT2D eigenvalue weighted by molar-refractivity contribution is 5.80. The van der Waals surface area contributed by atoms with Crippen LogP contribution in [0.15, 0.2) is 4.99 Å². The second kappa shape index (κ2) is 9.51. The Bertz CT molecular complexity index is 350. The minimum absolute atomic E-state index is 0.551. The predicted octanol–water partition coefficient (Wildman–Crippen LogP) is 3.19. The molecule has 0 unspecified atom stereocenters. The van der Waals surface area contributed by atoms with Gasteiger partial charge in [-0.2, -0.15) is 0 Å². The molecule has 2 saturated carbocycles. The van der Waals surface area contributed by atoms with Crippen molar-refractivity contribution in [3.63, 3.8) is 0 Å². The maximum atomic E-state index is 5.09. The monoisotopic (exact) mass is 320 g/mol. The SMILES string of the molecule is C1CCC(/N=C(/NCC2CCNCC2)NC2CCCCC2)CC1. The van der Waals surface area contributed by atoms with Gasteiger partial charge in [0.15, 0.2) is 5.96 Å². The molecule has 3 N–H and O–H groups in total. The van der Waals surface area contributed by atoms with Crippen LogP contribution in [0.4, 0.5) is 0 Å². The highest BCUT2D eigenvalue weighted by Gasteiger charge is 2.19. The minimum Gasteiger partial charge on any atom is -0.356 e. The number of hydrogen-bond acceptors (Lipinski definition) is 2. The number of nitrogens with one attached hydrogen (secondary N) is 3. The molecule has 0 atom stereocenters. The van der Waals surface area contributed by atoms with Crippen LogP contribution in [0, 0.1) is 5.92 Å². The van der Waals surface area contributed by atoms with Gasteiger partial charge in [0.25, 0.3) is 0 Å². The molecule has 0 amide bonds. The van der Waals surface area contributed by atoms with Crippen molar-refractivity contribution in [2.75, 3.05) is 19.6 Å². The summed E-state index contributed by atoms with van der Waals surface area (Å²) in [6.45, 7) is 3.45. The summed E-state index contributed by atoms with van der Waals surface area (Å²) in [5.41, 5.74) is 0. The van der Waals surface area contributed by atoms with E-state index in [0.717, 1.165) is 18.4 Å². The summed E-state index contributed by atoms with van der Waals surface area (Å²) >= 11 is 0. The number of aliphatic imine (C=N–C) groups is 1. The second-order valence-corrected chi connectivity index (χ2v) is 7.82. The Balaban J connectivity index is 1.53. The smallest absolute Gasteiger partial charge is 0.191 e. The molecule has 1 aliphatic heterocycles. The highest BCUT2D eigenvalue weighted by atomic mass is 15.2. The van der Waals surface area contributed by atoms with E-state index in [1.807, 2.05) is 0 Å². The topological polar surface area (TPSA) is 48.5 Å². The van der Waals surface area contributed by atoms with Gasteiger partial charge < -0.3 is 16.0 Å². The van der Waals surface area contributed by atoms with Gasteiger partial charge in [-0.3, -0.25) is 0 Å². The van der Waals surface area contributed by atoms with Gasteiger partial charge in [-0.05, 0) is 57.5 Å². The lowest BCUT2D eigenvalue weighted by Gasteiger charge is -2.29. The second-order valence-electron chi connectivity index (χ2n) is 7.82. The Kier molecular flexibility index (Phi) is 7.05. The minimum atomic E-state index is 0.551. The summed E-state index contributed by atoms with van der Waals surface area (Å²) in [5, 5.41) is 10.9. The molecule has 3 aliphatic rings. The highest BCUT2D eigenvalue weighted by Crippen LogP contribution is 2.21. The maximum Gasteiger partial charge on any atom is 0.191 e. The van der Waals surface area contributed by atoms with E-state index in [2.05, 4.69) is 16.0 Å². The summed E-state index contributed by atoms with van der Waals surface area (Å²) in [6, 6.07) is 1.20. The molecule has 0 aromatic carbocycles. The fourth-order valence-corrected chi connectivity index (χ4v) is 4.29. The van der Waals surface area contributed by atoms with Crippen LogP contribution in [-0.2, 0) is 0 Å². The van der Waals surface area contributed by atoms with Crippen molar-refractivity contribution in [3.8, 4) is 0 Å². The quantitative estimate of drug-likeness (QED) is 0.551. The summed E-state index contributed by atoms with van der Waals surface area (Å²) in [4.78, 5) is 5.09. The van der Waals surface area contributed by atoms with E-state index >= 15 is 0 Å². The summed E-state index contributed by atoms with van der Waals surface area (Å²) < 4.78 is 0. The van der Waals surface area contributed by atoms with Crippen molar-refractivity contribution in [2.45, 2.75) is 89.1 Å². The zero-order valence-electron chi connectivity index (χ0n) is 14.8. The molecule has 0 aromatic heterocycles. The lowest BCUT2D eigenvalue weighted by Crippen LogP contribution is -2.47. The van der Waals surface area contributed by atoms with E-state index in [-0.39, 0.29) is 0 Å². The predicted molar refractivity (Wildman–Crippen MR) is 97.9 cm³/mol. The zero-order valence-corrected chi connectivity index (χ0v) is 14.8. The number of hydrogen-bond donors (Lipinski definition) is 3. The average molecular weight is 321 g/mol. The van der Waals surface area contributed by atoms with Crippen LogP contribution < -0.4 is 16.0 Å². The first kappa shape index (κ1) is 17.1. The Morgan fingerprint density at radius 3 is 2.17 bits per heavy atom. The van der Waals surface area contributed by atoms with E-state index in [1.54, 1.807) is 0 Å². The molecule has 1 heterocycles. The normalized spacial score (nSPS) is 26.2. The molecule has 3 fully saturated rings. The van der Waals surface area contributed by atoms with Gasteiger partial charge in [0.1, 0.15) is 0 Å². The molecule has 3 rings (SSSR count). The first-order valence-electron chi connectivity index (χ1n) is 10.2. The summed E-state index contributed by atoms with van der Waals surface area (Å²) in [5.74, 6) is 1.92. The molecule has 0 radical (unpaired) electrons. The molecule has 23 heavy (non-hydrogen) atoms. The molecule has 4 nitrogen and oxygen atoms in total. The van der Waals surface area contributed by atoms with Gasteiger partial charge >= 0.3 is 0 Å². The van der Waals surface area contributed by atoms with E-state index < -0.39 is 0 Å². The van der Waals surface area contributed by atoms with E-state index in [1.165, 1.54) is 90.1 Å². The van der Waals surface area contributed by atoms with Crippen LogP contribution >= 0.6 is 0 Å². The lowest BCUT2D eigenvalue weighted by atomic mass is 9.95. The van der Waals surface area contributed by atoms with Crippen molar-refractivity contribution >= 4 is 5.96 Å². The van der Waals surface area contributed by atoms with Gasteiger partial charge in [-0.1, -0.05) is 38.5 Å². The molecule has 0 bridgehead atoms. The summed E-state index contributed by atoms with van der Waals surface area (Å²) in [7, 11) is 0. The molecule has 0 aromatic rings. The Labute approximate surface area is 142 Å². The third-order valence-corrected chi connectivity index (χ3v) is 5.85. The lowest BCUT2D eigenvalue weighted by molar-refractivity contribution is 0.365. The fourth-order valence-electron chi connectivity index (χ4n) is 4.29. The van der Waals surface area contributed by atoms with Gasteiger partial charge in [0.2, 0.25) is 0 Å². The third kappa shape index (κ3) is 5.98. The zero-order chi connectivity index (χ0) is 15.7. The maximum absolute atomic E-state index is 5.09. The molecule has 132 valence electrons. The first-order chi connectivity index (χ1) is 11.4. The molecule has 2 aliphatic carbocycles. The molecule has 4 heteroatoms. The van der Waals surface area contributed by atoms with Crippen LogP contribution in [0.1, 0.15) is 77.0 Å². The van der Waals surface area contributed by atoms with Crippen LogP contribution in [0.25, 0.3) is 0 Å². The van der Waals surface area contributed by atoms with Gasteiger partial charge in [-0.25, -0.2) is 4.99 Å². The Hall–Kier alpha value is -0.770. The fraction of sp³-hybridized carbons (Fsp3) is 0.947. The molecular weight excluding hydrogens is 284 g/mol. The Morgan fingerprint density at radius 1 is 0.826 bits per heavy atom. The van der Waals surface area contributed by atoms with E-state index in [9.17, 15) is 0 Å². The number of nitrogens with zero attached hydrogens (tertiary/aromatic N) is 1. The first-order valence-corrected chi connectivity index (χ1v) is 10.2. The van der Waals surface area contributed by atoms with Crippen molar-refractivity contribution in [1.82, 2.24) is 16.0 Å². The summed E-state index contributed by atoms with van der Waals surface area (Å²) in [6.07, 6.45) is 16.1. The van der Waals surface area contributed by atoms with Crippen LogP contribution in [0.2, 0.25) is 0 Å². The van der Waals surface area contributed by atoms with Crippen LogP contribution in [-0.4, -0.2) is 37.7 Å². The van der Waals surface area contributed by atoms with E-state index in [4.69, 9.17) is 4.99 Å². The number of rotatable bonds is 4. The van der Waals surface area contributed by atoms with Crippen molar-refractivity contribution in [2.24, 2.45) is 10.9 Å². The molecule has 0 spiro atoms. The largest absolute Gasteiger partial charge is 0.356 e. The Morgan fingerprint density at radius 2 is 1.48 bits per heavy atom. The molecule has 1 saturated heterocycles. The standard InChI is InChI=1S/C19H36N4/c1-3-7-17(8-4-1)22-19(23-18-9-5-2-6-10-18)21-15-16-11-13-20-14-12-16/h16-18,20H,1-15H2,(H2,21,22,23). The van der Waals surface area contributed by atoms with E-state index in [0.29, 0.717) is 12.1 Å². The van der Waals surface area contributed by atoms with Crippen molar-refractivity contribution in [3.05, 3.63) is 0 Å². The van der Waals surface area contributed by atoms with Gasteiger partial charge in [-0.15, -0.1) is 0 Å². The number of guanidine groups is 1. The van der Waals surface area contributed by atoms with Gasteiger partial charge in [0.05, 0.1) is 6.04 Å². The van der Waals surface area contributed by atoms with Crippen LogP contribution in [0.5, 0.6) is 0 Å². The number of piperidine rings is 1. The van der Waals surface area contributed by atoms with Crippen LogP contribution in [0.3, 0.4) is 0 Å². The third-order valence-electron chi connectivity index (χ3n) is 5.85. The van der Waals surface area contributed by atoms with Crippen molar-refractivity contribution in [1.29, 1.82) is 0 Å².